The van der Waals surface area contributed by atoms with Gasteiger partial charge in [0, 0.05) is 19.1 Å². The molecule has 5 nitrogen and oxygen atoms in total. The normalized spacial score (nSPS) is 46.6. The molecule has 0 aromatic rings. The van der Waals surface area contributed by atoms with Crippen molar-refractivity contribution in [3.63, 3.8) is 0 Å². The van der Waals surface area contributed by atoms with Crippen LogP contribution in [0.15, 0.2) is 12.2 Å². The second-order valence-electron chi connectivity index (χ2n) is 7.90. The number of piperidine rings is 1. The zero-order chi connectivity index (χ0) is 15.6. The summed E-state index contributed by atoms with van der Waals surface area (Å²) in [5.74, 6) is -0.684. The van der Waals surface area contributed by atoms with E-state index in [1.165, 1.54) is 0 Å². The Morgan fingerprint density at radius 2 is 1.86 bits per heavy atom. The molecule has 2 N–H and O–H groups in total. The first-order chi connectivity index (χ1) is 10.4. The number of nitrogens with zero attached hydrogens (tertiary/aromatic N) is 1. The molecular weight excluding hydrogens is 282 g/mol. The fourth-order valence-electron chi connectivity index (χ4n) is 5.51. The molecule has 2 bridgehead atoms. The molecule has 122 valence electrons. The number of aliphatic hydroxyl groups is 1. The summed E-state index contributed by atoms with van der Waals surface area (Å²) in [6.45, 7) is 3.69. The number of rotatable bonds is 2. The molecule has 3 saturated heterocycles. The lowest BCUT2D eigenvalue weighted by molar-refractivity contribution is -0.161. The van der Waals surface area contributed by atoms with Crippen LogP contribution in [0.4, 0.5) is 0 Å². The summed E-state index contributed by atoms with van der Waals surface area (Å²) in [5, 5.41) is 20.0. The van der Waals surface area contributed by atoms with Crippen LogP contribution in [0.3, 0.4) is 0 Å². The maximum Gasteiger partial charge on any atom is 0.312 e. The molecule has 5 heteroatoms. The van der Waals surface area contributed by atoms with Crippen LogP contribution < -0.4 is 0 Å². The minimum absolute atomic E-state index is 0.176. The van der Waals surface area contributed by atoms with Gasteiger partial charge < -0.3 is 14.9 Å². The van der Waals surface area contributed by atoms with Crippen molar-refractivity contribution in [1.82, 2.24) is 4.90 Å². The number of aliphatic hydroxyl groups excluding tert-OH is 1. The van der Waals surface area contributed by atoms with Crippen LogP contribution in [0.5, 0.6) is 0 Å². The van der Waals surface area contributed by atoms with Gasteiger partial charge in [-0.15, -0.1) is 0 Å². The van der Waals surface area contributed by atoms with Crippen LogP contribution in [0, 0.1) is 5.41 Å². The van der Waals surface area contributed by atoms with Crippen molar-refractivity contribution in [2.75, 3.05) is 13.1 Å². The zero-order valence-electron chi connectivity index (χ0n) is 13.1. The summed E-state index contributed by atoms with van der Waals surface area (Å²) >= 11 is 0. The predicted molar refractivity (Wildman–Crippen MR) is 80.5 cm³/mol. The van der Waals surface area contributed by atoms with Gasteiger partial charge in [0.05, 0.1) is 17.3 Å². The van der Waals surface area contributed by atoms with E-state index in [4.69, 9.17) is 4.74 Å². The van der Waals surface area contributed by atoms with Gasteiger partial charge in [-0.1, -0.05) is 12.2 Å². The molecule has 22 heavy (non-hydrogen) atoms. The summed E-state index contributed by atoms with van der Waals surface area (Å²) in [5.41, 5.74) is -1.38. The molecule has 4 fully saturated rings. The van der Waals surface area contributed by atoms with E-state index in [1.54, 1.807) is 0 Å². The average Bonchev–Trinajstić information content (AvgIpc) is 2.84. The van der Waals surface area contributed by atoms with Gasteiger partial charge in [-0.2, -0.15) is 0 Å². The lowest BCUT2D eigenvalue weighted by Gasteiger charge is -2.48. The van der Waals surface area contributed by atoms with Gasteiger partial charge in [0.25, 0.3) is 0 Å². The SMILES string of the molecule is CC12CC(C(=O)O)(C1)C1(CCN(C3CC=CCC3O)CC1)O2. The van der Waals surface area contributed by atoms with Gasteiger partial charge in [-0.05, 0) is 45.4 Å². The molecule has 1 spiro atoms. The van der Waals surface area contributed by atoms with E-state index in [0.29, 0.717) is 12.8 Å². The fourth-order valence-corrected chi connectivity index (χ4v) is 5.51. The van der Waals surface area contributed by atoms with Gasteiger partial charge in [0.2, 0.25) is 0 Å². The number of aliphatic carboxylic acids is 1. The van der Waals surface area contributed by atoms with Crippen LogP contribution in [0.1, 0.15) is 45.4 Å². The highest BCUT2D eigenvalue weighted by Gasteiger charge is 2.76. The van der Waals surface area contributed by atoms with Crippen molar-refractivity contribution < 1.29 is 19.7 Å². The first kappa shape index (κ1) is 14.7. The highest BCUT2D eigenvalue weighted by molar-refractivity contribution is 5.79. The van der Waals surface area contributed by atoms with Gasteiger partial charge >= 0.3 is 5.97 Å². The molecule has 2 atom stereocenters. The Morgan fingerprint density at radius 3 is 2.45 bits per heavy atom. The first-order valence-corrected chi connectivity index (χ1v) is 8.41. The molecule has 2 unspecified atom stereocenters. The molecular formula is C17H25NO4. The van der Waals surface area contributed by atoms with Gasteiger partial charge in [-0.25, -0.2) is 0 Å². The Kier molecular flexibility index (Phi) is 3.04. The largest absolute Gasteiger partial charge is 0.481 e. The summed E-state index contributed by atoms with van der Waals surface area (Å²) in [6.07, 6.45) is 8.34. The summed E-state index contributed by atoms with van der Waals surface area (Å²) in [7, 11) is 0. The number of carboxylic acids is 1. The van der Waals surface area contributed by atoms with E-state index < -0.39 is 17.0 Å². The van der Waals surface area contributed by atoms with E-state index in [-0.39, 0.29) is 17.7 Å². The Morgan fingerprint density at radius 1 is 1.23 bits per heavy atom. The third-order valence-electron chi connectivity index (χ3n) is 6.52. The molecule has 5 aliphatic rings. The number of likely N-dealkylation sites (tertiary alicyclic amines) is 1. The van der Waals surface area contributed by atoms with Crippen molar-refractivity contribution in [3.8, 4) is 0 Å². The Hall–Kier alpha value is -0.910. The van der Waals surface area contributed by atoms with Crippen LogP contribution in [-0.2, 0) is 9.53 Å². The topological polar surface area (TPSA) is 70.0 Å². The zero-order valence-corrected chi connectivity index (χ0v) is 13.1. The van der Waals surface area contributed by atoms with Crippen LogP contribution >= 0.6 is 0 Å². The quantitative estimate of drug-likeness (QED) is 0.758. The summed E-state index contributed by atoms with van der Waals surface area (Å²) in [4.78, 5) is 14.2. The minimum atomic E-state index is -0.684. The van der Waals surface area contributed by atoms with E-state index >= 15 is 0 Å². The van der Waals surface area contributed by atoms with E-state index in [1.807, 2.05) is 13.0 Å². The standard InChI is InChI=1S/C17H25NO4/c1-15-10-16(11-15,14(20)21)17(22-15)6-8-18(9-7-17)12-4-2-3-5-13(12)19/h2-3,12-13,19H,4-11H2,1H3,(H,20,21). The third kappa shape index (κ3) is 1.79. The van der Waals surface area contributed by atoms with E-state index in [2.05, 4.69) is 11.0 Å². The van der Waals surface area contributed by atoms with Crippen LogP contribution in [-0.4, -0.2) is 57.5 Å². The van der Waals surface area contributed by atoms with Gasteiger partial charge in [0.1, 0.15) is 5.41 Å². The number of hydrogen-bond acceptors (Lipinski definition) is 4. The van der Waals surface area contributed by atoms with E-state index in [0.717, 1.165) is 38.8 Å². The Labute approximate surface area is 130 Å². The van der Waals surface area contributed by atoms with Crippen molar-refractivity contribution in [2.45, 2.75) is 68.8 Å². The number of carbonyl (C=O) groups is 1. The minimum Gasteiger partial charge on any atom is -0.481 e. The molecule has 0 aromatic carbocycles. The summed E-state index contributed by atoms with van der Waals surface area (Å²) in [6, 6.07) is 0.176. The fraction of sp³-hybridized carbons (Fsp3) is 0.824. The molecule has 3 heterocycles. The number of carboxylic acid groups (broad SMARTS) is 1. The molecule has 3 aliphatic heterocycles. The second kappa shape index (κ2) is 4.56. The van der Waals surface area contributed by atoms with E-state index in [9.17, 15) is 15.0 Å². The monoisotopic (exact) mass is 307 g/mol. The van der Waals surface area contributed by atoms with Gasteiger partial charge in [0.15, 0.2) is 0 Å². The maximum atomic E-state index is 11.9. The smallest absolute Gasteiger partial charge is 0.312 e. The first-order valence-electron chi connectivity index (χ1n) is 8.41. The Bertz CT molecular complexity index is 515. The molecule has 0 aromatic heterocycles. The van der Waals surface area contributed by atoms with Crippen molar-refractivity contribution >= 4 is 5.97 Å². The second-order valence-corrected chi connectivity index (χ2v) is 7.90. The number of hydrogen-bond donors (Lipinski definition) is 2. The average molecular weight is 307 g/mol. The molecule has 0 amide bonds. The third-order valence-corrected chi connectivity index (χ3v) is 6.52. The molecule has 1 saturated carbocycles. The maximum absolute atomic E-state index is 11.9. The summed E-state index contributed by atoms with van der Waals surface area (Å²) < 4.78 is 6.29. The number of ether oxygens (including phenoxy) is 1. The van der Waals surface area contributed by atoms with Crippen molar-refractivity contribution in [2.24, 2.45) is 5.41 Å². The van der Waals surface area contributed by atoms with Crippen molar-refractivity contribution in [1.29, 1.82) is 0 Å². The van der Waals surface area contributed by atoms with Crippen molar-refractivity contribution in [3.05, 3.63) is 12.2 Å². The van der Waals surface area contributed by atoms with Crippen LogP contribution in [0.25, 0.3) is 0 Å². The molecule has 2 aliphatic carbocycles. The highest BCUT2D eigenvalue weighted by Crippen LogP contribution is 2.69. The highest BCUT2D eigenvalue weighted by atomic mass is 16.5. The van der Waals surface area contributed by atoms with Crippen LogP contribution in [0.2, 0.25) is 0 Å². The predicted octanol–water partition coefficient (Wildman–Crippen LogP) is 1.55. The Balaban J connectivity index is 1.50. The lowest BCUT2D eigenvalue weighted by Crippen LogP contribution is -2.59. The van der Waals surface area contributed by atoms with Gasteiger partial charge in [-0.3, -0.25) is 9.69 Å². The molecule has 5 rings (SSSR count). The molecule has 0 radical (unpaired) electrons. The lowest BCUT2D eigenvalue weighted by atomic mass is 9.54.